The second-order valence-electron chi connectivity index (χ2n) is 4.62. The van der Waals surface area contributed by atoms with Crippen molar-refractivity contribution in [2.75, 3.05) is 17.2 Å². The number of anilines is 3. The van der Waals surface area contributed by atoms with E-state index >= 15 is 0 Å². The molecule has 0 aliphatic rings. The lowest BCUT2D eigenvalue weighted by molar-refractivity contribution is 0.919. The van der Waals surface area contributed by atoms with Gasteiger partial charge in [-0.3, -0.25) is 0 Å². The number of halogens is 2. The number of aromatic nitrogens is 2. The Bertz CT molecular complexity index is 596. The van der Waals surface area contributed by atoms with Crippen molar-refractivity contribution >= 4 is 40.5 Å². The van der Waals surface area contributed by atoms with Gasteiger partial charge >= 0.3 is 0 Å². The molecule has 0 aliphatic carbocycles. The third-order valence-corrected chi connectivity index (χ3v) is 3.22. The normalized spacial score (nSPS) is 10.5. The molecule has 6 heteroatoms. The number of nitrogens with one attached hydrogen (secondary N) is 2. The van der Waals surface area contributed by atoms with E-state index in [9.17, 15) is 0 Å². The molecule has 0 radical (unpaired) electrons. The number of benzene rings is 1. The first kappa shape index (κ1) is 15.9. The Morgan fingerprint density at radius 2 is 1.62 bits per heavy atom. The monoisotopic (exact) mass is 324 g/mol. The summed E-state index contributed by atoms with van der Waals surface area (Å²) in [5.41, 5.74) is 0.801. The molecule has 0 saturated heterocycles. The summed E-state index contributed by atoms with van der Waals surface area (Å²) in [6.07, 6.45) is 1.81. The van der Waals surface area contributed by atoms with Gasteiger partial charge in [-0.05, 0) is 24.6 Å². The molecule has 0 unspecified atom stereocenters. The SMILES string of the molecule is CCCNc1cc(Nc2cc(Cl)cc(Cl)c2)nc(CC)n1. The van der Waals surface area contributed by atoms with Crippen LogP contribution in [0.1, 0.15) is 26.1 Å². The van der Waals surface area contributed by atoms with Crippen molar-refractivity contribution in [2.24, 2.45) is 0 Å². The highest BCUT2D eigenvalue weighted by Gasteiger charge is 2.05. The quantitative estimate of drug-likeness (QED) is 0.792. The van der Waals surface area contributed by atoms with Crippen LogP contribution in [0.5, 0.6) is 0 Å². The fraction of sp³-hybridized carbons (Fsp3) is 0.333. The molecule has 2 rings (SSSR count). The maximum absolute atomic E-state index is 6.01. The molecule has 1 heterocycles. The van der Waals surface area contributed by atoms with E-state index in [1.54, 1.807) is 18.2 Å². The Morgan fingerprint density at radius 3 is 2.24 bits per heavy atom. The molecular weight excluding hydrogens is 307 g/mol. The van der Waals surface area contributed by atoms with Crippen LogP contribution in [0.15, 0.2) is 24.3 Å². The summed E-state index contributed by atoms with van der Waals surface area (Å²) in [4.78, 5) is 8.92. The molecule has 21 heavy (non-hydrogen) atoms. The lowest BCUT2D eigenvalue weighted by Gasteiger charge is -2.11. The van der Waals surface area contributed by atoms with E-state index in [-0.39, 0.29) is 0 Å². The predicted octanol–water partition coefficient (Wildman–Crippen LogP) is 4.91. The molecule has 1 aromatic carbocycles. The number of aryl methyl sites for hydroxylation is 1. The van der Waals surface area contributed by atoms with Crippen LogP contribution in [-0.2, 0) is 6.42 Å². The summed E-state index contributed by atoms with van der Waals surface area (Å²) >= 11 is 12.0. The number of hydrogen-bond donors (Lipinski definition) is 2. The van der Waals surface area contributed by atoms with Gasteiger partial charge in [0.2, 0.25) is 0 Å². The van der Waals surface area contributed by atoms with Crippen LogP contribution in [0.3, 0.4) is 0 Å². The average Bonchev–Trinajstić information content (AvgIpc) is 2.43. The minimum Gasteiger partial charge on any atom is -0.370 e. The number of rotatable bonds is 6. The van der Waals surface area contributed by atoms with Crippen molar-refractivity contribution in [3.63, 3.8) is 0 Å². The molecule has 0 bridgehead atoms. The van der Waals surface area contributed by atoms with E-state index in [0.29, 0.717) is 10.0 Å². The first-order chi connectivity index (χ1) is 10.1. The Balaban J connectivity index is 2.25. The standard InChI is InChI=1S/C15H18Cl2N4/c1-3-5-18-14-9-15(21-13(4-2)20-14)19-12-7-10(16)6-11(17)8-12/h6-9H,3-5H2,1-2H3,(H2,18,19,20,21). The van der Waals surface area contributed by atoms with E-state index in [1.165, 1.54) is 0 Å². The summed E-state index contributed by atoms with van der Waals surface area (Å²) in [5.74, 6) is 2.32. The minimum absolute atomic E-state index is 0.583. The topological polar surface area (TPSA) is 49.8 Å². The first-order valence-electron chi connectivity index (χ1n) is 6.95. The maximum Gasteiger partial charge on any atom is 0.136 e. The molecular formula is C15H18Cl2N4. The summed E-state index contributed by atoms with van der Waals surface area (Å²) in [6.45, 7) is 5.02. The summed E-state index contributed by atoms with van der Waals surface area (Å²) in [7, 11) is 0. The van der Waals surface area contributed by atoms with E-state index in [4.69, 9.17) is 23.2 Å². The maximum atomic E-state index is 6.01. The largest absolute Gasteiger partial charge is 0.370 e. The van der Waals surface area contributed by atoms with Gasteiger partial charge in [-0.2, -0.15) is 0 Å². The van der Waals surface area contributed by atoms with Crippen LogP contribution in [0, 0.1) is 0 Å². The lowest BCUT2D eigenvalue weighted by Crippen LogP contribution is -2.06. The van der Waals surface area contributed by atoms with Crippen molar-refractivity contribution in [2.45, 2.75) is 26.7 Å². The average molecular weight is 325 g/mol. The predicted molar refractivity (Wildman–Crippen MR) is 89.9 cm³/mol. The van der Waals surface area contributed by atoms with Gasteiger partial charge in [-0.1, -0.05) is 37.0 Å². The fourth-order valence-corrected chi connectivity index (χ4v) is 2.36. The lowest BCUT2D eigenvalue weighted by atomic mass is 10.3. The molecule has 0 aliphatic heterocycles. The highest BCUT2D eigenvalue weighted by molar-refractivity contribution is 6.35. The molecule has 4 nitrogen and oxygen atoms in total. The Labute approximate surface area is 134 Å². The van der Waals surface area contributed by atoms with Crippen LogP contribution >= 0.6 is 23.2 Å². The zero-order valence-corrected chi connectivity index (χ0v) is 13.6. The molecule has 0 amide bonds. The van der Waals surface area contributed by atoms with Crippen LogP contribution in [0.4, 0.5) is 17.3 Å². The van der Waals surface area contributed by atoms with Crippen molar-refractivity contribution in [1.82, 2.24) is 9.97 Å². The van der Waals surface area contributed by atoms with Gasteiger partial charge in [-0.15, -0.1) is 0 Å². The van der Waals surface area contributed by atoms with Gasteiger partial charge in [0.05, 0.1) is 0 Å². The zero-order valence-electron chi connectivity index (χ0n) is 12.1. The van der Waals surface area contributed by atoms with Crippen LogP contribution in [0.2, 0.25) is 10.0 Å². The van der Waals surface area contributed by atoms with Crippen LogP contribution < -0.4 is 10.6 Å². The van der Waals surface area contributed by atoms with Gasteiger partial charge in [0, 0.05) is 34.8 Å². The van der Waals surface area contributed by atoms with Crippen LogP contribution in [-0.4, -0.2) is 16.5 Å². The Morgan fingerprint density at radius 1 is 0.952 bits per heavy atom. The van der Waals surface area contributed by atoms with E-state index in [0.717, 1.165) is 42.5 Å². The molecule has 0 spiro atoms. The van der Waals surface area contributed by atoms with Crippen molar-refractivity contribution in [3.8, 4) is 0 Å². The first-order valence-corrected chi connectivity index (χ1v) is 7.71. The molecule has 0 atom stereocenters. The molecule has 2 N–H and O–H groups in total. The fourth-order valence-electron chi connectivity index (χ4n) is 1.84. The highest BCUT2D eigenvalue weighted by atomic mass is 35.5. The number of nitrogens with zero attached hydrogens (tertiary/aromatic N) is 2. The van der Waals surface area contributed by atoms with Gasteiger partial charge < -0.3 is 10.6 Å². The van der Waals surface area contributed by atoms with Gasteiger partial charge in [0.15, 0.2) is 0 Å². The Kier molecular flexibility index (Phi) is 5.65. The molecule has 1 aromatic heterocycles. The van der Waals surface area contributed by atoms with Gasteiger partial charge in [-0.25, -0.2) is 9.97 Å². The molecule has 0 fully saturated rings. The van der Waals surface area contributed by atoms with Crippen molar-refractivity contribution < 1.29 is 0 Å². The second-order valence-corrected chi connectivity index (χ2v) is 5.49. The summed E-state index contributed by atoms with van der Waals surface area (Å²) in [5, 5.41) is 7.66. The zero-order chi connectivity index (χ0) is 15.2. The second kappa shape index (κ2) is 7.48. The third-order valence-electron chi connectivity index (χ3n) is 2.78. The Hall–Kier alpha value is -1.52. The smallest absolute Gasteiger partial charge is 0.136 e. The van der Waals surface area contributed by atoms with Crippen molar-refractivity contribution in [3.05, 3.63) is 40.1 Å². The van der Waals surface area contributed by atoms with Gasteiger partial charge in [0.25, 0.3) is 0 Å². The van der Waals surface area contributed by atoms with E-state index in [2.05, 4.69) is 27.5 Å². The molecule has 2 aromatic rings. The van der Waals surface area contributed by atoms with E-state index < -0.39 is 0 Å². The van der Waals surface area contributed by atoms with Crippen molar-refractivity contribution in [1.29, 1.82) is 0 Å². The summed E-state index contributed by atoms with van der Waals surface area (Å²) < 4.78 is 0. The minimum atomic E-state index is 0.583. The number of hydrogen-bond acceptors (Lipinski definition) is 4. The van der Waals surface area contributed by atoms with Gasteiger partial charge in [0.1, 0.15) is 17.5 Å². The third kappa shape index (κ3) is 4.76. The highest BCUT2D eigenvalue weighted by Crippen LogP contribution is 2.25. The van der Waals surface area contributed by atoms with E-state index in [1.807, 2.05) is 13.0 Å². The summed E-state index contributed by atoms with van der Waals surface area (Å²) in [6, 6.07) is 7.18. The molecule has 0 saturated carbocycles. The van der Waals surface area contributed by atoms with Crippen LogP contribution in [0.25, 0.3) is 0 Å². The molecule has 112 valence electrons.